The SMILES string of the molecule is CCOc1cc(/C=N\NC(=O)Cc2csc(Nc3cccc(C(F)(F)F)c3)n2)c(Br)cc1OCc1ccc(C(=O)O)cc1. The van der Waals surface area contributed by atoms with Gasteiger partial charge < -0.3 is 19.9 Å². The molecule has 3 N–H and O–H groups in total. The number of carbonyl (C=O) groups is 2. The number of hydrazone groups is 1. The van der Waals surface area contributed by atoms with Crippen molar-refractivity contribution >= 4 is 56.2 Å². The molecule has 43 heavy (non-hydrogen) atoms. The summed E-state index contributed by atoms with van der Waals surface area (Å²) < 4.78 is 51.1. The van der Waals surface area contributed by atoms with E-state index in [1.54, 1.807) is 29.6 Å². The smallest absolute Gasteiger partial charge is 0.416 e. The molecule has 0 saturated carbocycles. The number of carbonyl (C=O) groups excluding carboxylic acids is 1. The third kappa shape index (κ3) is 9.03. The number of aromatic nitrogens is 1. The minimum atomic E-state index is -4.46. The van der Waals surface area contributed by atoms with Gasteiger partial charge in [0, 0.05) is 21.1 Å². The average Bonchev–Trinajstić information content (AvgIpc) is 3.40. The van der Waals surface area contributed by atoms with Crippen LogP contribution < -0.4 is 20.2 Å². The highest BCUT2D eigenvalue weighted by Crippen LogP contribution is 2.34. The zero-order valence-electron chi connectivity index (χ0n) is 22.4. The fourth-order valence-electron chi connectivity index (χ4n) is 3.66. The van der Waals surface area contributed by atoms with Crippen LogP contribution in [0.5, 0.6) is 11.5 Å². The highest BCUT2D eigenvalue weighted by Gasteiger charge is 2.30. The predicted molar refractivity (Wildman–Crippen MR) is 159 cm³/mol. The Labute approximate surface area is 256 Å². The Kier molecular flexibility index (Phi) is 10.4. The lowest BCUT2D eigenvalue weighted by Crippen LogP contribution is -2.20. The van der Waals surface area contributed by atoms with Gasteiger partial charge in [0.15, 0.2) is 16.6 Å². The van der Waals surface area contributed by atoms with Gasteiger partial charge in [0.25, 0.3) is 0 Å². The normalized spacial score (nSPS) is 11.4. The number of benzene rings is 3. The van der Waals surface area contributed by atoms with E-state index < -0.39 is 23.6 Å². The van der Waals surface area contributed by atoms with Gasteiger partial charge in [-0.3, -0.25) is 4.79 Å². The van der Waals surface area contributed by atoms with Crippen molar-refractivity contribution in [2.45, 2.75) is 26.1 Å². The summed E-state index contributed by atoms with van der Waals surface area (Å²) in [4.78, 5) is 27.7. The van der Waals surface area contributed by atoms with Gasteiger partial charge in [-0.05, 0) is 70.9 Å². The predicted octanol–water partition coefficient (Wildman–Crippen LogP) is 7.04. The van der Waals surface area contributed by atoms with Gasteiger partial charge in [-0.2, -0.15) is 18.3 Å². The molecule has 0 aliphatic carbocycles. The quantitative estimate of drug-likeness (QED) is 0.109. The molecule has 0 bridgehead atoms. The van der Waals surface area contributed by atoms with E-state index in [-0.39, 0.29) is 24.3 Å². The van der Waals surface area contributed by atoms with Crippen molar-refractivity contribution in [3.8, 4) is 11.5 Å². The maximum Gasteiger partial charge on any atom is 0.416 e. The van der Waals surface area contributed by atoms with E-state index in [2.05, 4.69) is 36.8 Å². The summed E-state index contributed by atoms with van der Waals surface area (Å²) in [6.45, 7) is 2.38. The number of carboxylic acids is 1. The summed E-state index contributed by atoms with van der Waals surface area (Å²) in [7, 11) is 0. The van der Waals surface area contributed by atoms with Crippen molar-refractivity contribution in [2.75, 3.05) is 11.9 Å². The van der Waals surface area contributed by atoms with Crippen molar-refractivity contribution in [1.82, 2.24) is 10.4 Å². The third-order valence-electron chi connectivity index (χ3n) is 5.69. The van der Waals surface area contributed by atoms with Crippen LogP contribution in [0, 0.1) is 0 Å². The number of nitrogens with zero attached hydrogens (tertiary/aromatic N) is 2. The molecule has 0 fully saturated rings. The molecule has 3 aromatic carbocycles. The number of aromatic carboxylic acids is 1. The van der Waals surface area contributed by atoms with Crippen LogP contribution in [0.2, 0.25) is 0 Å². The first kappa shape index (κ1) is 31.5. The largest absolute Gasteiger partial charge is 0.490 e. The summed E-state index contributed by atoms with van der Waals surface area (Å²) in [5.41, 5.74) is 3.86. The topological polar surface area (TPSA) is 122 Å². The van der Waals surface area contributed by atoms with Crippen LogP contribution in [0.4, 0.5) is 24.0 Å². The van der Waals surface area contributed by atoms with Gasteiger partial charge in [-0.25, -0.2) is 15.2 Å². The molecule has 0 atom stereocenters. The summed E-state index contributed by atoms with van der Waals surface area (Å²) >= 11 is 4.62. The van der Waals surface area contributed by atoms with Crippen LogP contribution >= 0.6 is 27.3 Å². The first-order chi connectivity index (χ1) is 20.5. The van der Waals surface area contributed by atoms with Crippen molar-refractivity contribution in [3.05, 3.63) is 98.5 Å². The van der Waals surface area contributed by atoms with Crippen LogP contribution in [0.3, 0.4) is 0 Å². The lowest BCUT2D eigenvalue weighted by atomic mass is 10.1. The average molecular weight is 677 g/mol. The standard InChI is InChI=1S/C29H24BrF3N4O5S/c1-2-41-24-10-19(23(30)13-25(24)42-15-17-6-8-18(9-7-17)27(39)40)14-34-37-26(38)12-22-16-43-28(36-22)35-21-5-3-4-20(11-21)29(31,32)33/h3-11,13-14,16H,2,12,15H2,1H3,(H,35,36)(H,37,38)(H,39,40)/b34-14-. The Morgan fingerprint density at radius 2 is 1.84 bits per heavy atom. The molecule has 4 aromatic rings. The van der Waals surface area contributed by atoms with Gasteiger partial charge >= 0.3 is 12.1 Å². The fourth-order valence-corrected chi connectivity index (χ4v) is 4.81. The number of rotatable bonds is 12. The van der Waals surface area contributed by atoms with E-state index in [9.17, 15) is 22.8 Å². The lowest BCUT2D eigenvalue weighted by Gasteiger charge is -2.14. The summed E-state index contributed by atoms with van der Waals surface area (Å²) in [6.07, 6.45) is -3.12. The number of nitrogens with one attached hydrogen (secondary N) is 2. The second-order valence-electron chi connectivity index (χ2n) is 8.86. The molecule has 224 valence electrons. The molecular formula is C29H24BrF3N4O5S. The number of thiazole rings is 1. The van der Waals surface area contributed by atoms with Crippen molar-refractivity contribution in [2.24, 2.45) is 5.10 Å². The van der Waals surface area contributed by atoms with E-state index >= 15 is 0 Å². The zero-order chi connectivity index (χ0) is 31.0. The van der Waals surface area contributed by atoms with Gasteiger partial charge in [-0.15, -0.1) is 11.3 Å². The van der Waals surface area contributed by atoms with Gasteiger partial charge in [-0.1, -0.05) is 18.2 Å². The van der Waals surface area contributed by atoms with E-state index in [0.717, 1.165) is 29.0 Å². The van der Waals surface area contributed by atoms with Crippen LogP contribution in [-0.2, 0) is 24.0 Å². The first-order valence-electron chi connectivity index (χ1n) is 12.6. The summed E-state index contributed by atoms with van der Waals surface area (Å²) in [6, 6.07) is 14.5. The Morgan fingerprint density at radius 3 is 2.53 bits per heavy atom. The van der Waals surface area contributed by atoms with Crippen molar-refractivity contribution in [1.29, 1.82) is 0 Å². The van der Waals surface area contributed by atoms with Crippen LogP contribution in [0.25, 0.3) is 0 Å². The van der Waals surface area contributed by atoms with Crippen molar-refractivity contribution < 1.29 is 37.3 Å². The lowest BCUT2D eigenvalue weighted by molar-refractivity contribution is -0.137. The summed E-state index contributed by atoms with van der Waals surface area (Å²) in [5.74, 6) is -0.549. The molecule has 1 amide bonds. The molecule has 0 unspecified atom stereocenters. The molecule has 0 spiro atoms. The number of halogens is 4. The molecule has 0 aliphatic heterocycles. The molecular weight excluding hydrogens is 653 g/mol. The monoisotopic (exact) mass is 676 g/mol. The third-order valence-corrected chi connectivity index (χ3v) is 7.18. The number of amides is 1. The Hall–Kier alpha value is -4.43. The molecule has 0 aliphatic rings. The number of hydrogen-bond acceptors (Lipinski definition) is 8. The fraction of sp³-hybridized carbons (Fsp3) is 0.172. The second kappa shape index (κ2) is 14.2. The minimum Gasteiger partial charge on any atom is -0.490 e. The Bertz CT molecular complexity index is 1630. The number of alkyl halides is 3. The Morgan fingerprint density at radius 1 is 1.09 bits per heavy atom. The number of ether oxygens (including phenoxy) is 2. The maximum atomic E-state index is 13.0. The van der Waals surface area contributed by atoms with Gasteiger partial charge in [0.2, 0.25) is 5.91 Å². The molecule has 9 nitrogen and oxygen atoms in total. The molecule has 0 radical (unpaired) electrons. The zero-order valence-corrected chi connectivity index (χ0v) is 24.8. The van der Waals surface area contributed by atoms with Crippen LogP contribution in [0.1, 0.15) is 39.7 Å². The van der Waals surface area contributed by atoms with Gasteiger partial charge in [0.05, 0.1) is 36.1 Å². The summed E-state index contributed by atoms with van der Waals surface area (Å²) in [5, 5.41) is 17.9. The van der Waals surface area contributed by atoms with E-state index in [1.165, 1.54) is 30.5 Å². The first-order valence-corrected chi connectivity index (χ1v) is 14.3. The number of carboxylic acid groups (broad SMARTS) is 1. The Balaban J connectivity index is 1.34. The van der Waals surface area contributed by atoms with E-state index in [0.29, 0.717) is 39.0 Å². The highest BCUT2D eigenvalue weighted by molar-refractivity contribution is 9.10. The number of hydrogen-bond donors (Lipinski definition) is 3. The van der Waals surface area contributed by atoms with Crippen molar-refractivity contribution in [3.63, 3.8) is 0 Å². The minimum absolute atomic E-state index is 0.0936. The molecule has 1 heterocycles. The van der Waals surface area contributed by atoms with Crippen LogP contribution in [0.15, 0.2) is 75.6 Å². The maximum absolute atomic E-state index is 13.0. The van der Waals surface area contributed by atoms with E-state index in [4.69, 9.17) is 14.6 Å². The van der Waals surface area contributed by atoms with E-state index in [1.807, 2.05) is 6.92 Å². The number of anilines is 2. The molecule has 14 heteroatoms. The van der Waals surface area contributed by atoms with Crippen LogP contribution in [-0.4, -0.2) is 34.8 Å². The molecule has 4 rings (SSSR count). The highest BCUT2D eigenvalue weighted by atomic mass is 79.9. The molecule has 1 aromatic heterocycles. The van der Waals surface area contributed by atoms with Gasteiger partial charge in [0.1, 0.15) is 6.61 Å². The molecule has 0 saturated heterocycles. The second-order valence-corrected chi connectivity index (χ2v) is 10.6.